The molecule has 0 fully saturated rings. The van der Waals surface area contributed by atoms with Gasteiger partial charge in [0, 0.05) is 6.08 Å². The van der Waals surface area contributed by atoms with Crippen LogP contribution >= 0.6 is 0 Å². The van der Waals surface area contributed by atoms with E-state index in [0.717, 1.165) is 11.6 Å². The number of carboxylic acids is 1. The monoisotopic (exact) mass is 292 g/mol. The van der Waals surface area contributed by atoms with E-state index in [9.17, 15) is 9.90 Å². The van der Waals surface area contributed by atoms with Gasteiger partial charge in [-0.25, -0.2) is 4.79 Å². The molecule has 1 aromatic rings. The minimum atomic E-state index is -0.981. The number of carboxylic acid groups (broad SMARTS) is 1. The smallest absolute Gasteiger partial charge is 0.327 e. The maximum absolute atomic E-state index is 9.72. The van der Waals surface area contributed by atoms with Gasteiger partial charge in [0.05, 0.1) is 0 Å². The summed E-state index contributed by atoms with van der Waals surface area (Å²) in [7, 11) is 0. The highest BCUT2D eigenvalue weighted by molar-refractivity contribution is 5.78. The molecular weight excluding hydrogens is 264 g/mol. The highest BCUT2D eigenvalue weighted by Gasteiger charge is 2.08. The highest BCUT2D eigenvalue weighted by atomic mass is 16.4. The first-order chi connectivity index (χ1) is 10.0. The normalized spacial score (nSPS) is 11.1. The Morgan fingerprint density at radius 3 is 2.33 bits per heavy atom. The summed E-state index contributed by atoms with van der Waals surface area (Å²) in [6, 6.07) is 7.70. The molecule has 21 heavy (non-hydrogen) atoms. The zero-order chi connectivity index (χ0) is 16.1. The molecule has 0 aliphatic heterocycles. The Morgan fingerprint density at radius 2 is 1.81 bits per heavy atom. The molecule has 3 heteroatoms. The predicted octanol–water partition coefficient (Wildman–Crippen LogP) is 5.11. The van der Waals surface area contributed by atoms with E-state index in [2.05, 4.69) is 20.4 Å². The molecule has 3 nitrogen and oxygen atoms in total. The van der Waals surface area contributed by atoms with Crippen LogP contribution in [0.1, 0.15) is 63.9 Å². The number of benzene rings is 1. The molecule has 1 aromatic carbocycles. The van der Waals surface area contributed by atoms with Crippen LogP contribution in [-0.2, 0) is 4.79 Å². The van der Waals surface area contributed by atoms with Crippen molar-refractivity contribution in [3.05, 3.63) is 42.5 Å². The standard InChI is InChI=1S/C15H24O.C3H4O2/c1-3-4-5-6-7-10-13(2)14-11-8-9-12-15(14)16;1-2-3(4)5/h8-9,11-13,16H,3-7,10H2,1-2H3;2H,1H2,(H,4,5). The van der Waals surface area contributed by atoms with Crippen LogP contribution in [0.15, 0.2) is 36.9 Å². The number of carbonyl (C=O) groups is 1. The molecule has 1 atom stereocenters. The first-order valence-electron chi connectivity index (χ1n) is 7.66. The number of rotatable bonds is 8. The van der Waals surface area contributed by atoms with E-state index in [1.54, 1.807) is 6.07 Å². The molecule has 2 N–H and O–H groups in total. The van der Waals surface area contributed by atoms with Gasteiger partial charge in [0.1, 0.15) is 5.75 Å². The molecular formula is C18H28O3. The van der Waals surface area contributed by atoms with Crippen molar-refractivity contribution in [1.82, 2.24) is 0 Å². The minimum absolute atomic E-state index is 0.448. The second-order valence-electron chi connectivity index (χ2n) is 5.21. The summed E-state index contributed by atoms with van der Waals surface area (Å²) < 4.78 is 0. The molecule has 118 valence electrons. The van der Waals surface area contributed by atoms with Crippen molar-refractivity contribution < 1.29 is 15.0 Å². The number of phenols is 1. The lowest BCUT2D eigenvalue weighted by molar-refractivity contribution is -0.131. The van der Waals surface area contributed by atoms with Crippen LogP contribution < -0.4 is 0 Å². The van der Waals surface area contributed by atoms with E-state index in [1.165, 1.54) is 38.5 Å². The molecule has 0 aliphatic carbocycles. The lowest BCUT2D eigenvalue weighted by Crippen LogP contribution is -1.94. The Morgan fingerprint density at radius 1 is 1.24 bits per heavy atom. The third-order valence-corrected chi connectivity index (χ3v) is 3.38. The number of hydrogen-bond acceptors (Lipinski definition) is 2. The molecule has 1 rings (SSSR count). The van der Waals surface area contributed by atoms with Crippen molar-refractivity contribution >= 4 is 5.97 Å². The van der Waals surface area contributed by atoms with Gasteiger partial charge in [-0.1, -0.05) is 70.7 Å². The number of para-hydroxylation sites is 1. The molecule has 0 heterocycles. The van der Waals surface area contributed by atoms with Crippen LogP contribution in [-0.4, -0.2) is 16.2 Å². The summed E-state index contributed by atoms with van der Waals surface area (Å²) in [6.07, 6.45) is 8.62. The van der Waals surface area contributed by atoms with E-state index in [4.69, 9.17) is 5.11 Å². The van der Waals surface area contributed by atoms with Crippen molar-refractivity contribution in [3.63, 3.8) is 0 Å². The fourth-order valence-electron chi connectivity index (χ4n) is 2.11. The second-order valence-corrected chi connectivity index (χ2v) is 5.21. The largest absolute Gasteiger partial charge is 0.508 e. The molecule has 0 amide bonds. The van der Waals surface area contributed by atoms with Crippen molar-refractivity contribution in [2.75, 3.05) is 0 Å². The highest BCUT2D eigenvalue weighted by Crippen LogP contribution is 2.28. The van der Waals surface area contributed by atoms with Gasteiger partial charge >= 0.3 is 5.97 Å². The lowest BCUT2D eigenvalue weighted by Gasteiger charge is -2.13. The van der Waals surface area contributed by atoms with E-state index in [-0.39, 0.29) is 0 Å². The fraction of sp³-hybridized carbons (Fsp3) is 0.500. The summed E-state index contributed by atoms with van der Waals surface area (Å²) >= 11 is 0. The quantitative estimate of drug-likeness (QED) is 0.517. The number of aliphatic carboxylic acids is 1. The van der Waals surface area contributed by atoms with Gasteiger partial charge in [0.2, 0.25) is 0 Å². The molecule has 0 bridgehead atoms. The van der Waals surface area contributed by atoms with Crippen LogP contribution in [0.3, 0.4) is 0 Å². The Kier molecular flexibility index (Phi) is 11.0. The third-order valence-electron chi connectivity index (χ3n) is 3.38. The fourth-order valence-corrected chi connectivity index (χ4v) is 2.11. The zero-order valence-electron chi connectivity index (χ0n) is 13.2. The van der Waals surface area contributed by atoms with Gasteiger partial charge in [0.15, 0.2) is 0 Å². The Hall–Kier alpha value is -1.77. The van der Waals surface area contributed by atoms with Crippen LogP contribution in [0.2, 0.25) is 0 Å². The van der Waals surface area contributed by atoms with E-state index >= 15 is 0 Å². The second kappa shape index (κ2) is 12.0. The molecule has 0 saturated carbocycles. The number of aromatic hydroxyl groups is 1. The van der Waals surface area contributed by atoms with E-state index in [0.29, 0.717) is 11.7 Å². The van der Waals surface area contributed by atoms with Crippen molar-refractivity contribution in [2.24, 2.45) is 0 Å². The molecule has 0 aromatic heterocycles. The average Bonchev–Trinajstić information content (AvgIpc) is 2.48. The molecule has 0 spiro atoms. The summed E-state index contributed by atoms with van der Waals surface area (Å²) in [5, 5.41) is 17.3. The van der Waals surface area contributed by atoms with Crippen molar-refractivity contribution in [3.8, 4) is 5.75 Å². The first-order valence-corrected chi connectivity index (χ1v) is 7.66. The third kappa shape index (κ3) is 9.72. The maximum atomic E-state index is 9.72. The number of unbranched alkanes of at least 4 members (excludes halogenated alkanes) is 4. The van der Waals surface area contributed by atoms with Gasteiger partial charge in [0.25, 0.3) is 0 Å². The summed E-state index contributed by atoms with van der Waals surface area (Å²) in [5.41, 5.74) is 1.10. The first kappa shape index (κ1) is 19.2. The average molecular weight is 292 g/mol. The molecule has 1 unspecified atom stereocenters. The van der Waals surface area contributed by atoms with Gasteiger partial charge in [-0.3, -0.25) is 0 Å². The van der Waals surface area contributed by atoms with Crippen LogP contribution in [0.5, 0.6) is 5.75 Å². The van der Waals surface area contributed by atoms with E-state index < -0.39 is 5.97 Å². The van der Waals surface area contributed by atoms with Crippen LogP contribution in [0.4, 0.5) is 0 Å². The SMILES string of the molecule is C=CC(=O)O.CCCCCCCC(C)c1ccccc1O. The zero-order valence-corrected chi connectivity index (χ0v) is 13.2. The van der Waals surface area contributed by atoms with Crippen LogP contribution in [0, 0.1) is 0 Å². The topological polar surface area (TPSA) is 57.5 Å². The van der Waals surface area contributed by atoms with Gasteiger partial charge in [-0.05, 0) is 24.0 Å². The van der Waals surface area contributed by atoms with Crippen LogP contribution in [0.25, 0.3) is 0 Å². The lowest BCUT2D eigenvalue weighted by atomic mass is 9.94. The van der Waals surface area contributed by atoms with Gasteiger partial charge in [-0.2, -0.15) is 0 Å². The van der Waals surface area contributed by atoms with Crippen molar-refractivity contribution in [2.45, 2.75) is 58.3 Å². The molecule has 0 aliphatic rings. The Bertz CT molecular complexity index is 413. The van der Waals surface area contributed by atoms with E-state index in [1.807, 2.05) is 18.2 Å². The van der Waals surface area contributed by atoms with Gasteiger partial charge in [-0.15, -0.1) is 0 Å². The Labute approximate surface area is 128 Å². The number of hydrogen-bond donors (Lipinski definition) is 2. The Balaban J connectivity index is 0.000000690. The predicted molar refractivity (Wildman–Crippen MR) is 87.7 cm³/mol. The molecule has 0 radical (unpaired) electrons. The summed E-state index contributed by atoms with van der Waals surface area (Å²) in [4.78, 5) is 9.25. The summed E-state index contributed by atoms with van der Waals surface area (Å²) in [6.45, 7) is 7.40. The molecule has 0 saturated heterocycles. The van der Waals surface area contributed by atoms with Gasteiger partial charge < -0.3 is 10.2 Å². The minimum Gasteiger partial charge on any atom is -0.508 e. The summed E-state index contributed by atoms with van der Waals surface area (Å²) in [5.74, 6) is -0.0589. The number of phenolic OH excluding ortho intramolecular Hbond substituents is 1. The maximum Gasteiger partial charge on any atom is 0.327 e. The van der Waals surface area contributed by atoms with Crippen molar-refractivity contribution in [1.29, 1.82) is 0 Å².